The van der Waals surface area contributed by atoms with Crippen LogP contribution in [0.2, 0.25) is 0 Å². The van der Waals surface area contributed by atoms with Gasteiger partial charge in [0, 0.05) is 29.1 Å². The van der Waals surface area contributed by atoms with E-state index < -0.39 is 0 Å². The highest BCUT2D eigenvalue weighted by Crippen LogP contribution is 2.24. The number of carbonyl (C=O) groups is 1. The van der Waals surface area contributed by atoms with E-state index in [0.29, 0.717) is 17.5 Å². The predicted octanol–water partition coefficient (Wildman–Crippen LogP) is 4.15. The molecule has 3 rings (SSSR count). The van der Waals surface area contributed by atoms with Crippen LogP contribution in [0.1, 0.15) is 41.4 Å². The number of Topliss-reactive ketones (excluding diaryl/α,β-unsaturated/α-hetero) is 1. The van der Waals surface area contributed by atoms with Crippen molar-refractivity contribution in [3.05, 3.63) is 53.1 Å². The molecule has 0 bridgehead atoms. The van der Waals surface area contributed by atoms with Gasteiger partial charge in [-0.05, 0) is 51.1 Å². The molecule has 0 aliphatic carbocycles. The third-order valence-electron chi connectivity index (χ3n) is 4.32. The number of carbonyl (C=O) groups excluding carboxylic acids is 1. The van der Waals surface area contributed by atoms with E-state index in [1.807, 2.05) is 58.0 Å². The molecule has 0 radical (unpaired) electrons. The van der Waals surface area contributed by atoms with Crippen molar-refractivity contribution in [1.82, 2.24) is 19.7 Å². The molecule has 0 saturated carbocycles. The average Bonchev–Trinajstić information content (AvgIpc) is 3.25. The van der Waals surface area contributed by atoms with Gasteiger partial charge in [-0.25, -0.2) is 4.98 Å². The maximum absolute atomic E-state index is 12.7. The van der Waals surface area contributed by atoms with Gasteiger partial charge in [-0.3, -0.25) is 9.89 Å². The van der Waals surface area contributed by atoms with Gasteiger partial charge in [0.2, 0.25) is 5.16 Å². The van der Waals surface area contributed by atoms with Crippen molar-refractivity contribution in [3.8, 4) is 11.4 Å². The van der Waals surface area contributed by atoms with Crippen LogP contribution in [0.15, 0.2) is 35.5 Å². The fourth-order valence-electron chi connectivity index (χ4n) is 3.01. The Hall–Kier alpha value is -2.54. The van der Waals surface area contributed by atoms with E-state index in [2.05, 4.69) is 19.7 Å². The highest BCUT2D eigenvalue weighted by molar-refractivity contribution is 7.99. The number of hydrogen-bond donors (Lipinski definition) is 1. The lowest BCUT2D eigenvalue weighted by molar-refractivity contribution is 0.102. The normalized spacial score (nSPS) is 11.0. The first-order chi connectivity index (χ1) is 13.0. The molecule has 1 N–H and O–H groups in total. The van der Waals surface area contributed by atoms with E-state index in [1.54, 1.807) is 0 Å². The Bertz CT molecular complexity index is 928. The highest BCUT2D eigenvalue weighted by Gasteiger charge is 2.17. The lowest BCUT2D eigenvalue weighted by atomic mass is 10.2. The van der Waals surface area contributed by atoms with Crippen molar-refractivity contribution in [2.45, 2.75) is 39.3 Å². The summed E-state index contributed by atoms with van der Waals surface area (Å²) < 4.78 is 7.60. The fourth-order valence-corrected chi connectivity index (χ4v) is 3.71. The Morgan fingerprint density at radius 3 is 2.59 bits per heavy atom. The number of ether oxygens (including phenoxy) is 1. The number of aryl methyl sites for hydroxylation is 2. The van der Waals surface area contributed by atoms with Gasteiger partial charge in [-0.2, -0.15) is 0 Å². The molecule has 27 heavy (non-hydrogen) atoms. The standard InChI is InChI=1S/C20H24N4O2S/c1-5-19-21-20(23-22-19)27-12-18(25)17-11-13(3)24(14(17)4)15-7-9-16(10-8-15)26-6-2/h7-11H,5-6,12H2,1-4H3,(H,21,22,23). The maximum atomic E-state index is 12.7. The zero-order valence-electron chi connectivity index (χ0n) is 16.1. The van der Waals surface area contributed by atoms with Gasteiger partial charge < -0.3 is 9.30 Å². The minimum absolute atomic E-state index is 0.0770. The van der Waals surface area contributed by atoms with Crippen molar-refractivity contribution in [2.24, 2.45) is 0 Å². The number of nitrogens with one attached hydrogen (secondary N) is 1. The zero-order chi connectivity index (χ0) is 19.4. The Morgan fingerprint density at radius 2 is 1.96 bits per heavy atom. The molecule has 0 amide bonds. The molecule has 0 unspecified atom stereocenters. The summed E-state index contributed by atoms with van der Waals surface area (Å²) in [5.74, 6) is 2.07. The SMILES string of the molecule is CCOc1ccc(-n2c(C)cc(C(=O)CSc3n[nH]c(CC)n3)c2C)cc1. The second-order valence-corrected chi connectivity index (χ2v) is 7.12. The summed E-state index contributed by atoms with van der Waals surface area (Å²) in [6, 6.07) is 9.86. The third-order valence-corrected chi connectivity index (χ3v) is 5.16. The van der Waals surface area contributed by atoms with Crippen LogP contribution in [0.4, 0.5) is 0 Å². The highest BCUT2D eigenvalue weighted by atomic mass is 32.2. The van der Waals surface area contributed by atoms with E-state index in [9.17, 15) is 4.79 Å². The minimum Gasteiger partial charge on any atom is -0.494 e. The van der Waals surface area contributed by atoms with Crippen LogP contribution < -0.4 is 4.74 Å². The summed E-state index contributed by atoms with van der Waals surface area (Å²) in [6.07, 6.45) is 0.796. The molecular formula is C20H24N4O2S. The molecule has 6 nitrogen and oxygen atoms in total. The van der Waals surface area contributed by atoms with Gasteiger partial charge in [0.1, 0.15) is 11.6 Å². The first-order valence-corrected chi connectivity index (χ1v) is 10.0. The van der Waals surface area contributed by atoms with Crippen molar-refractivity contribution in [2.75, 3.05) is 12.4 Å². The Morgan fingerprint density at radius 1 is 1.22 bits per heavy atom. The molecule has 3 aromatic rings. The monoisotopic (exact) mass is 384 g/mol. The van der Waals surface area contributed by atoms with E-state index in [1.165, 1.54) is 11.8 Å². The molecule has 0 aliphatic heterocycles. The van der Waals surface area contributed by atoms with E-state index >= 15 is 0 Å². The molecular weight excluding hydrogens is 360 g/mol. The summed E-state index contributed by atoms with van der Waals surface area (Å²) in [7, 11) is 0. The van der Waals surface area contributed by atoms with E-state index in [4.69, 9.17) is 4.74 Å². The number of rotatable bonds is 8. The second kappa shape index (κ2) is 8.43. The topological polar surface area (TPSA) is 72.8 Å². The van der Waals surface area contributed by atoms with Crippen LogP contribution in [0, 0.1) is 13.8 Å². The van der Waals surface area contributed by atoms with Gasteiger partial charge in [0.25, 0.3) is 0 Å². The number of hydrogen-bond acceptors (Lipinski definition) is 5. The maximum Gasteiger partial charge on any atom is 0.208 e. The molecule has 0 atom stereocenters. The number of aromatic nitrogens is 4. The number of nitrogens with zero attached hydrogens (tertiary/aromatic N) is 3. The van der Waals surface area contributed by atoms with Crippen LogP contribution in [0.3, 0.4) is 0 Å². The van der Waals surface area contributed by atoms with Crippen LogP contribution in [-0.2, 0) is 6.42 Å². The average molecular weight is 385 g/mol. The molecule has 142 valence electrons. The Labute approximate surface area is 163 Å². The lowest BCUT2D eigenvalue weighted by Gasteiger charge is -2.11. The zero-order valence-corrected chi connectivity index (χ0v) is 16.9. The van der Waals surface area contributed by atoms with Crippen molar-refractivity contribution >= 4 is 17.5 Å². The van der Waals surface area contributed by atoms with Crippen molar-refractivity contribution in [1.29, 1.82) is 0 Å². The molecule has 0 aliphatic rings. The van der Waals surface area contributed by atoms with E-state index in [0.717, 1.165) is 40.6 Å². The first kappa shape index (κ1) is 19.2. The number of ketones is 1. The Balaban J connectivity index is 1.76. The van der Waals surface area contributed by atoms with Crippen LogP contribution in [0.5, 0.6) is 5.75 Å². The fraction of sp³-hybridized carbons (Fsp3) is 0.350. The predicted molar refractivity (Wildman–Crippen MR) is 107 cm³/mol. The number of aromatic amines is 1. The van der Waals surface area contributed by atoms with Gasteiger partial charge in [0.15, 0.2) is 5.78 Å². The van der Waals surface area contributed by atoms with Gasteiger partial charge in [0.05, 0.1) is 12.4 Å². The smallest absolute Gasteiger partial charge is 0.208 e. The second-order valence-electron chi connectivity index (χ2n) is 6.18. The van der Waals surface area contributed by atoms with E-state index in [-0.39, 0.29) is 5.78 Å². The van der Waals surface area contributed by atoms with Gasteiger partial charge in [-0.15, -0.1) is 5.10 Å². The summed E-state index contributed by atoms with van der Waals surface area (Å²) in [5.41, 5.74) is 3.71. The van der Waals surface area contributed by atoms with Crippen LogP contribution >= 0.6 is 11.8 Å². The van der Waals surface area contributed by atoms with Crippen molar-refractivity contribution in [3.63, 3.8) is 0 Å². The lowest BCUT2D eigenvalue weighted by Crippen LogP contribution is -2.06. The Kier molecular flexibility index (Phi) is 6.01. The number of benzene rings is 1. The molecule has 1 aromatic carbocycles. The molecule has 0 saturated heterocycles. The summed E-state index contributed by atoms with van der Waals surface area (Å²) in [4.78, 5) is 17.1. The number of thioether (sulfide) groups is 1. The van der Waals surface area contributed by atoms with Gasteiger partial charge in [-0.1, -0.05) is 18.7 Å². The first-order valence-electron chi connectivity index (χ1n) is 9.03. The van der Waals surface area contributed by atoms with Crippen molar-refractivity contribution < 1.29 is 9.53 Å². The molecule has 7 heteroatoms. The largest absolute Gasteiger partial charge is 0.494 e. The third kappa shape index (κ3) is 4.24. The summed E-state index contributed by atoms with van der Waals surface area (Å²) in [6.45, 7) is 8.60. The number of H-pyrrole nitrogens is 1. The minimum atomic E-state index is 0.0770. The quantitative estimate of drug-likeness (QED) is 0.467. The molecule has 0 spiro atoms. The summed E-state index contributed by atoms with van der Waals surface area (Å²) >= 11 is 1.36. The molecule has 2 heterocycles. The van der Waals surface area contributed by atoms with Gasteiger partial charge >= 0.3 is 0 Å². The summed E-state index contributed by atoms with van der Waals surface area (Å²) in [5, 5.41) is 7.61. The molecule has 2 aromatic heterocycles. The van der Waals surface area contributed by atoms with Crippen LogP contribution in [-0.4, -0.2) is 37.9 Å². The van der Waals surface area contributed by atoms with Crippen LogP contribution in [0.25, 0.3) is 5.69 Å². The molecule has 0 fully saturated rings.